The van der Waals surface area contributed by atoms with Gasteiger partial charge in [0.1, 0.15) is 0 Å². The molecule has 0 aliphatic rings. The maximum absolute atomic E-state index is 11.5. The molecule has 0 rings (SSSR count). The van der Waals surface area contributed by atoms with Crippen molar-refractivity contribution in [3.8, 4) is 0 Å². The van der Waals surface area contributed by atoms with Crippen LogP contribution in [0.5, 0.6) is 0 Å². The first-order valence-electron chi connectivity index (χ1n) is 5.83. The number of halogens is 1. The molecule has 0 aromatic rings. The van der Waals surface area contributed by atoms with E-state index in [4.69, 9.17) is 11.6 Å². The van der Waals surface area contributed by atoms with Crippen LogP contribution in [-0.4, -0.2) is 5.24 Å². The van der Waals surface area contributed by atoms with Crippen molar-refractivity contribution >= 4 is 16.8 Å². The van der Waals surface area contributed by atoms with Crippen molar-refractivity contribution < 1.29 is 4.79 Å². The molecule has 0 aromatic heterocycles. The van der Waals surface area contributed by atoms with Crippen LogP contribution in [-0.2, 0) is 4.79 Å². The highest BCUT2D eigenvalue weighted by molar-refractivity contribution is 6.64. The molecule has 0 radical (unpaired) electrons. The average Bonchev–Trinajstić information content (AvgIpc) is 2.18. The van der Waals surface area contributed by atoms with E-state index in [0.717, 1.165) is 44.9 Å². The largest absolute Gasteiger partial charge is 0.281 e. The Morgan fingerprint density at radius 1 is 1.07 bits per heavy atom. The fourth-order valence-electron chi connectivity index (χ4n) is 1.84. The normalized spacial score (nSPS) is 11.7. The van der Waals surface area contributed by atoms with Gasteiger partial charge in [-0.2, -0.15) is 0 Å². The van der Waals surface area contributed by atoms with Crippen LogP contribution >= 0.6 is 11.6 Å². The zero-order valence-corrected chi connectivity index (χ0v) is 10.5. The Labute approximate surface area is 93.2 Å². The van der Waals surface area contributed by atoms with E-state index >= 15 is 0 Å². The summed E-state index contributed by atoms with van der Waals surface area (Å²) in [4.78, 5) is 11.5. The SMILES string of the molecule is CCCCC(CC)(CCCC)C(=O)Cl. The molecule has 0 amide bonds. The number of unbranched alkanes of at least 4 members (excludes halogenated alkanes) is 2. The molecule has 0 aliphatic heterocycles. The van der Waals surface area contributed by atoms with E-state index in [1.165, 1.54) is 0 Å². The van der Waals surface area contributed by atoms with Gasteiger partial charge in [-0.1, -0.05) is 46.5 Å². The Morgan fingerprint density at radius 3 is 1.71 bits per heavy atom. The molecular weight excluding hydrogens is 196 g/mol. The van der Waals surface area contributed by atoms with Crippen molar-refractivity contribution in [1.82, 2.24) is 0 Å². The van der Waals surface area contributed by atoms with Crippen molar-refractivity contribution in [1.29, 1.82) is 0 Å². The second kappa shape index (κ2) is 7.28. The van der Waals surface area contributed by atoms with Crippen LogP contribution in [0.15, 0.2) is 0 Å². The number of hydrogen-bond donors (Lipinski definition) is 0. The third-order valence-electron chi connectivity index (χ3n) is 3.11. The second-order valence-corrected chi connectivity index (χ2v) is 4.46. The van der Waals surface area contributed by atoms with Crippen LogP contribution in [0.1, 0.15) is 65.7 Å². The molecule has 0 heterocycles. The second-order valence-electron chi connectivity index (χ2n) is 4.11. The Bertz CT molecular complexity index is 158. The van der Waals surface area contributed by atoms with Crippen LogP contribution < -0.4 is 0 Å². The first-order valence-corrected chi connectivity index (χ1v) is 6.20. The van der Waals surface area contributed by atoms with E-state index in [2.05, 4.69) is 20.8 Å². The third-order valence-corrected chi connectivity index (χ3v) is 3.51. The molecule has 0 saturated heterocycles. The molecule has 2 heteroatoms. The van der Waals surface area contributed by atoms with Crippen molar-refractivity contribution in [3.05, 3.63) is 0 Å². The Hall–Kier alpha value is -0.0400. The highest BCUT2D eigenvalue weighted by atomic mass is 35.5. The molecule has 14 heavy (non-hydrogen) atoms. The number of carbonyl (C=O) groups excluding carboxylic acids is 1. The Balaban J connectivity index is 4.35. The average molecular weight is 219 g/mol. The monoisotopic (exact) mass is 218 g/mol. The van der Waals surface area contributed by atoms with E-state index in [0.29, 0.717) is 0 Å². The smallest absolute Gasteiger partial charge is 0.227 e. The lowest BCUT2D eigenvalue weighted by molar-refractivity contribution is -0.121. The summed E-state index contributed by atoms with van der Waals surface area (Å²) >= 11 is 5.73. The number of hydrogen-bond acceptors (Lipinski definition) is 1. The highest BCUT2D eigenvalue weighted by Crippen LogP contribution is 2.36. The van der Waals surface area contributed by atoms with Crippen LogP contribution in [0, 0.1) is 5.41 Å². The molecule has 0 bridgehead atoms. The maximum atomic E-state index is 11.5. The van der Waals surface area contributed by atoms with Gasteiger partial charge < -0.3 is 0 Å². The standard InChI is InChI=1S/C12H23ClO/c1-4-7-9-12(6-3,11(13)14)10-8-5-2/h4-10H2,1-3H3. The molecule has 0 aromatic carbocycles. The van der Waals surface area contributed by atoms with Crippen LogP contribution in [0.2, 0.25) is 0 Å². The predicted octanol–water partition coefficient (Wildman–Crippen LogP) is 4.53. The summed E-state index contributed by atoms with van der Waals surface area (Å²) in [7, 11) is 0. The fourth-order valence-corrected chi connectivity index (χ4v) is 2.17. The topological polar surface area (TPSA) is 17.1 Å². The van der Waals surface area contributed by atoms with E-state index in [1.54, 1.807) is 0 Å². The first-order chi connectivity index (χ1) is 6.63. The van der Waals surface area contributed by atoms with Crippen molar-refractivity contribution in [2.45, 2.75) is 65.7 Å². The summed E-state index contributed by atoms with van der Waals surface area (Å²) in [5.41, 5.74) is -0.229. The van der Waals surface area contributed by atoms with Gasteiger partial charge in [0.2, 0.25) is 5.24 Å². The van der Waals surface area contributed by atoms with Gasteiger partial charge in [0, 0.05) is 5.41 Å². The summed E-state index contributed by atoms with van der Waals surface area (Å²) in [6.07, 6.45) is 7.29. The van der Waals surface area contributed by atoms with Gasteiger partial charge >= 0.3 is 0 Å². The van der Waals surface area contributed by atoms with E-state index < -0.39 is 0 Å². The lowest BCUT2D eigenvalue weighted by Gasteiger charge is -2.28. The van der Waals surface area contributed by atoms with Crippen molar-refractivity contribution in [2.24, 2.45) is 5.41 Å². The molecule has 0 aliphatic carbocycles. The highest BCUT2D eigenvalue weighted by Gasteiger charge is 2.33. The van der Waals surface area contributed by atoms with Crippen LogP contribution in [0.3, 0.4) is 0 Å². The molecule has 0 N–H and O–H groups in total. The van der Waals surface area contributed by atoms with E-state index in [9.17, 15) is 4.79 Å². The number of rotatable bonds is 8. The molecule has 84 valence electrons. The fraction of sp³-hybridized carbons (Fsp3) is 0.917. The molecule has 0 atom stereocenters. The minimum atomic E-state index is -0.229. The van der Waals surface area contributed by atoms with Gasteiger partial charge in [-0.25, -0.2) is 0 Å². The molecule has 1 nitrogen and oxygen atoms in total. The minimum absolute atomic E-state index is 0.123. The quantitative estimate of drug-likeness (QED) is 0.547. The molecule has 0 saturated carbocycles. The van der Waals surface area contributed by atoms with Crippen molar-refractivity contribution in [3.63, 3.8) is 0 Å². The third kappa shape index (κ3) is 4.00. The first kappa shape index (κ1) is 14.0. The van der Waals surface area contributed by atoms with Crippen LogP contribution in [0.25, 0.3) is 0 Å². The van der Waals surface area contributed by atoms with Crippen molar-refractivity contribution in [2.75, 3.05) is 0 Å². The summed E-state index contributed by atoms with van der Waals surface area (Å²) in [5, 5.41) is -0.123. The van der Waals surface area contributed by atoms with Gasteiger partial charge in [0.25, 0.3) is 0 Å². The molecule has 0 spiro atoms. The number of carbonyl (C=O) groups is 1. The maximum Gasteiger partial charge on any atom is 0.227 e. The van der Waals surface area contributed by atoms with Gasteiger partial charge in [-0.3, -0.25) is 4.79 Å². The Kier molecular flexibility index (Phi) is 7.26. The summed E-state index contributed by atoms with van der Waals surface area (Å²) < 4.78 is 0. The predicted molar refractivity (Wildman–Crippen MR) is 62.6 cm³/mol. The van der Waals surface area contributed by atoms with E-state index in [-0.39, 0.29) is 10.7 Å². The van der Waals surface area contributed by atoms with Crippen LogP contribution in [0.4, 0.5) is 0 Å². The lowest BCUT2D eigenvalue weighted by atomic mass is 9.77. The molecular formula is C12H23ClO. The summed E-state index contributed by atoms with van der Waals surface area (Å²) in [6, 6.07) is 0. The Morgan fingerprint density at radius 2 is 1.50 bits per heavy atom. The minimum Gasteiger partial charge on any atom is -0.281 e. The van der Waals surface area contributed by atoms with Gasteiger partial charge in [0.05, 0.1) is 0 Å². The zero-order chi connectivity index (χ0) is 11.0. The van der Waals surface area contributed by atoms with E-state index in [1.807, 2.05) is 0 Å². The zero-order valence-electron chi connectivity index (χ0n) is 9.74. The molecule has 0 unspecified atom stereocenters. The lowest BCUT2D eigenvalue weighted by Crippen LogP contribution is -2.27. The molecule has 0 fully saturated rings. The van der Waals surface area contributed by atoms with Gasteiger partial charge in [-0.15, -0.1) is 0 Å². The summed E-state index contributed by atoms with van der Waals surface area (Å²) in [5.74, 6) is 0. The van der Waals surface area contributed by atoms with Gasteiger partial charge in [-0.05, 0) is 30.9 Å². The van der Waals surface area contributed by atoms with Gasteiger partial charge in [0.15, 0.2) is 0 Å². The summed E-state index contributed by atoms with van der Waals surface area (Å²) in [6.45, 7) is 6.38.